The molecule has 0 N–H and O–H groups in total. The third-order valence-corrected chi connectivity index (χ3v) is 3.24. The standard InChI is InChI=1S/C16H16ClNO2/c1-12-10-13(17)8-9-15(12)20-11-16(19)18(2)14-6-4-3-5-7-14/h3-10H,11H2,1-2H3. The van der Waals surface area contributed by atoms with Crippen molar-refractivity contribution < 1.29 is 9.53 Å². The number of aryl methyl sites for hydroxylation is 1. The maximum Gasteiger partial charge on any atom is 0.264 e. The minimum atomic E-state index is -0.106. The molecular formula is C16H16ClNO2. The van der Waals surface area contributed by atoms with E-state index in [-0.39, 0.29) is 12.5 Å². The molecule has 20 heavy (non-hydrogen) atoms. The maximum absolute atomic E-state index is 12.1. The highest BCUT2D eigenvalue weighted by atomic mass is 35.5. The Morgan fingerprint density at radius 3 is 2.55 bits per heavy atom. The molecule has 4 heteroatoms. The third kappa shape index (κ3) is 3.52. The highest BCUT2D eigenvalue weighted by Crippen LogP contribution is 2.22. The van der Waals surface area contributed by atoms with E-state index in [2.05, 4.69) is 0 Å². The molecule has 0 aliphatic rings. The summed E-state index contributed by atoms with van der Waals surface area (Å²) < 4.78 is 5.55. The molecule has 0 heterocycles. The first-order valence-corrected chi connectivity index (χ1v) is 6.66. The minimum Gasteiger partial charge on any atom is -0.483 e. The van der Waals surface area contributed by atoms with Crippen molar-refractivity contribution in [2.45, 2.75) is 6.92 Å². The van der Waals surface area contributed by atoms with E-state index in [9.17, 15) is 4.79 Å². The number of likely N-dealkylation sites (N-methyl/N-ethyl adjacent to an activating group) is 1. The second-order valence-corrected chi connectivity index (χ2v) is 4.92. The lowest BCUT2D eigenvalue weighted by Gasteiger charge is -2.18. The fraction of sp³-hybridized carbons (Fsp3) is 0.188. The van der Waals surface area contributed by atoms with Gasteiger partial charge in [0, 0.05) is 17.8 Å². The molecule has 2 aromatic carbocycles. The van der Waals surface area contributed by atoms with Crippen molar-refractivity contribution in [3.8, 4) is 5.75 Å². The van der Waals surface area contributed by atoms with Gasteiger partial charge in [0.05, 0.1) is 0 Å². The lowest BCUT2D eigenvalue weighted by Crippen LogP contribution is -2.31. The molecule has 1 amide bonds. The van der Waals surface area contributed by atoms with Crippen molar-refractivity contribution in [2.75, 3.05) is 18.6 Å². The number of hydrogen-bond acceptors (Lipinski definition) is 2. The Balaban J connectivity index is 1.98. The van der Waals surface area contributed by atoms with E-state index in [4.69, 9.17) is 16.3 Å². The molecule has 0 aromatic heterocycles. The van der Waals surface area contributed by atoms with Gasteiger partial charge in [0.2, 0.25) is 0 Å². The Morgan fingerprint density at radius 2 is 1.90 bits per heavy atom. The number of para-hydroxylation sites is 1. The maximum atomic E-state index is 12.1. The first kappa shape index (κ1) is 14.4. The predicted octanol–water partition coefficient (Wildman–Crippen LogP) is 3.69. The summed E-state index contributed by atoms with van der Waals surface area (Å²) in [4.78, 5) is 13.6. The average Bonchev–Trinajstić information content (AvgIpc) is 2.46. The van der Waals surface area contributed by atoms with Gasteiger partial charge in [-0.15, -0.1) is 0 Å². The lowest BCUT2D eigenvalue weighted by molar-refractivity contribution is -0.120. The Labute approximate surface area is 123 Å². The zero-order valence-corrected chi connectivity index (χ0v) is 12.2. The molecule has 0 atom stereocenters. The van der Waals surface area contributed by atoms with Gasteiger partial charge < -0.3 is 9.64 Å². The summed E-state index contributed by atoms with van der Waals surface area (Å²) in [6, 6.07) is 14.8. The van der Waals surface area contributed by atoms with Gasteiger partial charge in [-0.1, -0.05) is 29.8 Å². The lowest BCUT2D eigenvalue weighted by atomic mass is 10.2. The van der Waals surface area contributed by atoms with Gasteiger partial charge in [0.25, 0.3) is 5.91 Å². The van der Waals surface area contributed by atoms with Crippen LogP contribution in [0.3, 0.4) is 0 Å². The van der Waals surface area contributed by atoms with Crippen LogP contribution in [0.1, 0.15) is 5.56 Å². The highest BCUT2D eigenvalue weighted by Gasteiger charge is 2.12. The van der Waals surface area contributed by atoms with E-state index in [1.54, 1.807) is 24.1 Å². The van der Waals surface area contributed by atoms with Crippen LogP contribution in [0, 0.1) is 6.92 Å². The fourth-order valence-electron chi connectivity index (χ4n) is 1.81. The molecule has 2 rings (SSSR count). The number of carbonyl (C=O) groups excluding carboxylic acids is 1. The third-order valence-electron chi connectivity index (χ3n) is 3.01. The van der Waals surface area contributed by atoms with Crippen molar-refractivity contribution in [2.24, 2.45) is 0 Å². The number of ether oxygens (including phenoxy) is 1. The summed E-state index contributed by atoms with van der Waals surface area (Å²) in [7, 11) is 1.73. The molecule has 104 valence electrons. The molecule has 0 radical (unpaired) electrons. The van der Waals surface area contributed by atoms with E-state index < -0.39 is 0 Å². The highest BCUT2D eigenvalue weighted by molar-refractivity contribution is 6.30. The largest absolute Gasteiger partial charge is 0.483 e. The van der Waals surface area contributed by atoms with E-state index >= 15 is 0 Å². The van der Waals surface area contributed by atoms with Gasteiger partial charge in [-0.25, -0.2) is 0 Å². The summed E-state index contributed by atoms with van der Waals surface area (Å²) >= 11 is 5.88. The second-order valence-electron chi connectivity index (χ2n) is 4.49. The number of carbonyl (C=O) groups is 1. The number of nitrogens with zero attached hydrogens (tertiary/aromatic N) is 1. The molecule has 0 spiro atoms. The summed E-state index contributed by atoms with van der Waals surface area (Å²) in [6.45, 7) is 1.89. The van der Waals surface area contributed by atoms with Gasteiger partial charge in [-0.2, -0.15) is 0 Å². The van der Waals surface area contributed by atoms with Crippen molar-refractivity contribution in [3.05, 3.63) is 59.1 Å². The second kappa shape index (κ2) is 6.44. The Bertz CT molecular complexity index is 599. The molecule has 0 aliphatic heterocycles. The molecular weight excluding hydrogens is 274 g/mol. The number of amides is 1. The molecule has 0 aliphatic carbocycles. The van der Waals surface area contributed by atoms with Gasteiger partial charge >= 0.3 is 0 Å². The average molecular weight is 290 g/mol. The van der Waals surface area contributed by atoms with E-state index in [1.165, 1.54) is 0 Å². The molecule has 0 saturated carbocycles. The zero-order valence-electron chi connectivity index (χ0n) is 11.5. The first-order chi connectivity index (χ1) is 9.58. The van der Waals surface area contributed by atoms with Crippen LogP contribution in [0.15, 0.2) is 48.5 Å². The van der Waals surface area contributed by atoms with Crippen LogP contribution in [0.4, 0.5) is 5.69 Å². The number of rotatable bonds is 4. The van der Waals surface area contributed by atoms with E-state index in [0.29, 0.717) is 10.8 Å². The van der Waals surface area contributed by atoms with Crippen LogP contribution >= 0.6 is 11.6 Å². The SMILES string of the molecule is Cc1cc(Cl)ccc1OCC(=O)N(C)c1ccccc1. The van der Waals surface area contributed by atoms with Crippen LogP contribution < -0.4 is 9.64 Å². The van der Waals surface area contributed by atoms with Crippen molar-refractivity contribution in [1.82, 2.24) is 0 Å². The Hall–Kier alpha value is -2.00. The summed E-state index contributed by atoms with van der Waals surface area (Å²) in [6.07, 6.45) is 0. The van der Waals surface area contributed by atoms with Crippen LogP contribution in [0.2, 0.25) is 5.02 Å². The van der Waals surface area contributed by atoms with Crippen molar-refractivity contribution >= 4 is 23.2 Å². The predicted molar refractivity (Wildman–Crippen MR) is 81.5 cm³/mol. The van der Waals surface area contributed by atoms with Crippen LogP contribution in [0.5, 0.6) is 5.75 Å². The molecule has 0 saturated heterocycles. The molecule has 2 aromatic rings. The van der Waals surface area contributed by atoms with Crippen LogP contribution in [-0.2, 0) is 4.79 Å². The number of anilines is 1. The summed E-state index contributed by atoms with van der Waals surface area (Å²) in [5, 5.41) is 0.655. The van der Waals surface area contributed by atoms with Crippen LogP contribution in [-0.4, -0.2) is 19.6 Å². The quantitative estimate of drug-likeness (QED) is 0.859. The van der Waals surface area contributed by atoms with E-state index in [0.717, 1.165) is 11.3 Å². The minimum absolute atomic E-state index is 0.00608. The van der Waals surface area contributed by atoms with Crippen LogP contribution in [0.25, 0.3) is 0 Å². The number of halogens is 1. The van der Waals surface area contributed by atoms with Gasteiger partial charge in [0.1, 0.15) is 5.75 Å². The monoisotopic (exact) mass is 289 g/mol. The topological polar surface area (TPSA) is 29.5 Å². The Kier molecular flexibility index (Phi) is 4.64. The van der Waals surface area contributed by atoms with E-state index in [1.807, 2.05) is 43.3 Å². The molecule has 0 fully saturated rings. The zero-order chi connectivity index (χ0) is 14.5. The fourth-order valence-corrected chi connectivity index (χ4v) is 2.03. The molecule has 0 unspecified atom stereocenters. The van der Waals surface area contributed by atoms with Gasteiger partial charge in [-0.05, 0) is 42.8 Å². The molecule has 0 bridgehead atoms. The molecule has 3 nitrogen and oxygen atoms in total. The first-order valence-electron chi connectivity index (χ1n) is 6.28. The normalized spacial score (nSPS) is 10.2. The summed E-state index contributed by atoms with van der Waals surface area (Å²) in [5.74, 6) is 0.565. The number of benzene rings is 2. The smallest absolute Gasteiger partial charge is 0.264 e. The van der Waals surface area contributed by atoms with Gasteiger partial charge in [-0.3, -0.25) is 4.79 Å². The summed E-state index contributed by atoms with van der Waals surface area (Å²) in [5.41, 5.74) is 1.75. The van der Waals surface area contributed by atoms with Crippen molar-refractivity contribution in [3.63, 3.8) is 0 Å². The van der Waals surface area contributed by atoms with Gasteiger partial charge in [0.15, 0.2) is 6.61 Å². The Morgan fingerprint density at radius 1 is 1.20 bits per heavy atom. The van der Waals surface area contributed by atoms with Crippen molar-refractivity contribution in [1.29, 1.82) is 0 Å². The number of hydrogen-bond donors (Lipinski definition) is 0.